The molecule has 0 unspecified atom stereocenters. The summed E-state index contributed by atoms with van der Waals surface area (Å²) < 4.78 is 2.05. The molecular weight excluding hydrogens is 384 g/mol. The number of nitrogens with zero attached hydrogens (tertiary/aromatic N) is 5. The second-order valence-electron chi connectivity index (χ2n) is 8.37. The van der Waals surface area contributed by atoms with Crippen LogP contribution in [-0.2, 0) is 26.2 Å². The van der Waals surface area contributed by atoms with Gasteiger partial charge in [-0.15, -0.1) is 11.3 Å². The molecule has 2 aliphatic rings. The van der Waals surface area contributed by atoms with Gasteiger partial charge in [0.1, 0.15) is 5.01 Å². The molecule has 29 heavy (non-hydrogen) atoms. The number of likely N-dealkylation sites (tertiary alicyclic amines) is 1. The summed E-state index contributed by atoms with van der Waals surface area (Å²) >= 11 is 1.72. The van der Waals surface area contributed by atoms with E-state index in [1.54, 1.807) is 17.5 Å². The standard InChI is InChI=1S/C21H26N6OS/c1-25(13-18-4-5-23-24-18)11-16-2-3-19-17-8-15(10-27(19)21(16)28)9-26(12-17)14-20-22-6-7-29-20/h2-7,15,17H,8-14H2,1H3,(H,23,24)/t15-,17+/m0/s1. The lowest BCUT2D eigenvalue weighted by Crippen LogP contribution is -2.47. The molecule has 3 aromatic heterocycles. The molecule has 7 nitrogen and oxygen atoms in total. The fourth-order valence-corrected chi connectivity index (χ4v) is 5.53. The highest BCUT2D eigenvalue weighted by atomic mass is 32.1. The molecule has 0 aromatic carbocycles. The molecule has 3 aromatic rings. The first-order chi connectivity index (χ1) is 14.2. The van der Waals surface area contributed by atoms with Crippen molar-refractivity contribution < 1.29 is 0 Å². The van der Waals surface area contributed by atoms with Crippen LogP contribution in [0.1, 0.15) is 34.3 Å². The third-order valence-electron chi connectivity index (χ3n) is 6.04. The van der Waals surface area contributed by atoms with E-state index in [-0.39, 0.29) is 5.56 Å². The van der Waals surface area contributed by atoms with Crippen LogP contribution in [0, 0.1) is 5.92 Å². The van der Waals surface area contributed by atoms with Crippen LogP contribution in [-0.4, -0.2) is 49.7 Å². The zero-order chi connectivity index (χ0) is 19.8. The lowest BCUT2D eigenvalue weighted by atomic mass is 9.83. The number of H-pyrrole nitrogens is 1. The maximum absolute atomic E-state index is 13.2. The minimum atomic E-state index is 0.182. The minimum absolute atomic E-state index is 0.182. The van der Waals surface area contributed by atoms with E-state index in [0.29, 0.717) is 18.4 Å². The summed E-state index contributed by atoms with van der Waals surface area (Å²) in [6.07, 6.45) is 4.82. The quantitative estimate of drug-likeness (QED) is 0.675. The van der Waals surface area contributed by atoms with Gasteiger partial charge in [0.05, 0.1) is 6.54 Å². The Labute approximate surface area is 174 Å². The van der Waals surface area contributed by atoms with Crippen LogP contribution < -0.4 is 5.56 Å². The molecule has 1 saturated heterocycles. The van der Waals surface area contributed by atoms with E-state index in [1.165, 1.54) is 17.1 Å². The lowest BCUT2D eigenvalue weighted by molar-refractivity contribution is 0.114. The largest absolute Gasteiger partial charge is 0.312 e. The van der Waals surface area contributed by atoms with Gasteiger partial charge in [-0.3, -0.25) is 19.7 Å². The second-order valence-corrected chi connectivity index (χ2v) is 9.35. The zero-order valence-electron chi connectivity index (χ0n) is 16.6. The molecule has 1 fully saturated rings. The van der Waals surface area contributed by atoms with Crippen LogP contribution in [0.5, 0.6) is 0 Å². The van der Waals surface area contributed by atoms with Gasteiger partial charge in [-0.05, 0) is 31.5 Å². The number of thiazole rings is 1. The number of rotatable bonds is 6. The number of hydrogen-bond acceptors (Lipinski definition) is 6. The van der Waals surface area contributed by atoms with Crippen molar-refractivity contribution in [1.29, 1.82) is 0 Å². The third-order valence-corrected chi connectivity index (χ3v) is 6.80. The number of hydrogen-bond donors (Lipinski definition) is 1. The molecule has 5 heterocycles. The van der Waals surface area contributed by atoms with Gasteiger partial charge in [-0.2, -0.15) is 5.10 Å². The highest BCUT2D eigenvalue weighted by Crippen LogP contribution is 2.35. The maximum atomic E-state index is 13.2. The molecule has 2 atom stereocenters. The van der Waals surface area contributed by atoms with Gasteiger partial charge in [0.15, 0.2) is 0 Å². The van der Waals surface area contributed by atoms with Crippen LogP contribution in [0.2, 0.25) is 0 Å². The lowest BCUT2D eigenvalue weighted by Gasteiger charge is -2.42. The van der Waals surface area contributed by atoms with Crippen molar-refractivity contribution in [1.82, 2.24) is 29.5 Å². The second kappa shape index (κ2) is 7.85. The summed E-state index contributed by atoms with van der Waals surface area (Å²) in [5.74, 6) is 0.976. The first-order valence-electron chi connectivity index (χ1n) is 10.2. The average Bonchev–Trinajstić information content (AvgIpc) is 3.39. The van der Waals surface area contributed by atoms with Gasteiger partial charge in [0.25, 0.3) is 5.56 Å². The summed E-state index contributed by atoms with van der Waals surface area (Å²) in [5.41, 5.74) is 3.31. The van der Waals surface area contributed by atoms with Crippen LogP contribution >= 0.6 is 11.3 Å². The van der Waals surface area contributed by atoms with E-state index in [0.717, 1.165) is 44.0 Å². The van der Waals surface area contributed by atoms with Crippen LogP contribution in [0.25, 0.3) is 0 Å². The summed E-state index contributed by atoms with van der Waals surface area (Å²) in [6.45, 7) is 5.20. The predicted octanol–water partition coefficient (Wildman–Crippen LogP) is 2.28. The van der Waals surface area contributed by atoms with Gasteiger partial charge in [-0.1, -0.05) is 6.07 Å². The highest BCUT2D eigenvalue weighted by molar-refractivity contribution is 7.09. The van der Waals surface area contributed by atoms with E-state index in [4.69, 9.17) is 0 Å². The summed E-state index contributed by atoms with van der Waals surface area (Å²) in [4.78, 5) is 22.3. The molecule has 1 N–H and O–H groups in total. The molecule has 2 aliphatic heterocycles. The smallest absolute Gasteiger partial charge is 0.255 e. The molecule has 0 radical (unpaired) electrons. The number of nitrogens with one attached hydrogen (secondary N) is 1. The molecule has 152 valence electrons. The summed E-state index contributed by atoms with van der Waals surface area (Å²) in [5, 5.41) is 10.2. The van der Waals surface area contributed by atoms with Gasteiger partial charge < -0.3 is 4.57 Å². The van der Waals surface area contributed by atoms with Gasteiger partial charge >= 0.3 is 0 Å². The van der Waals surface area contributed by atoms with E-state index >= 15 is 0 Å². The Morgan fingerprint density at radius 1 is 1.21 bits per heavy atom. The Kier molecular flexibility index (Phi) is 5.07. The maximum Gasteiger partial charge on any atom is 0.255 e. The molecule has 0 amide bonds. The number of aromatic nitrogens is 4. The van der Waals surface area contributed by atoms with Gasteiger partial charge in [0.2, 0.25) is 0 Å². The molecule has 2 bridgehead atoms. The fourth-order valence-electron chi connectivity index (χ4n) is 4.87. The van der Waals surface area contributed by atoms with Crippen molar-refractivity contribution in [3.63, 3.8) is 0 Å². The van der Waals surface area contributed by atoms with Crippen LogP contribution in [0.4, 0.5) is 0 Å². The summed E-state index contributed by atoms with van der Waals surface area (Å²) in [7, 11) is 2.04. The monoisotopic (exact) mass is 410 g/mol. The van der Waals surface area contributed by atoms with Crippen molar-refractivity contribution in [2.75, 3.05) is 20.1 Å². The SMILES string of the molecule is CN(Cc1ccn[nH]1)Cc1ccc2n(c1=O)C[C@H]1C[C@@H]2CN(Cc2nccs2)C1. The highest BCUT2D eigenvalue weighted by Gasteiger charge is 2.35. The van der Waals surface area contributed by atoms with E-state index in [9.17, 15) is 4.79 Å². The average molecular weight is 411 g/mol. The van der Waals surface area contributed by atoms with Crippen molar-refractivity contribution in [3.8, 4) is 0 Å². The third kappa shape index (κ3) is 3.92. The first-order valence-corrected chi connectivity index (χ1v) is 11.0. The number of piperidine rings is 1. The number of aromatic amines is 1. The van der Waals surface area contributed by atoms with Crippen molar-refractivity contribution in [3.05, 3.63) is 68.3 Å². The molecule has 8 heteroatoms. The van der Waals surface area contributed by atoms with Crippen molar-refractivity contribution in [2.45, 2.75) is 38.5 Å². The Balaban J connectivity index is 1.32. The Morgan fingerprint density at radius 2 is 2.14 bits per heavy atom. The van der Waals surface area contributed by atoms with E-state index in [1.807, 2.05) is 30.8 Å². The van der Waals surface area contributed by atoms with Crippen LogP contribution in [0.15, 0.2) is 40.8 Å². The fraction of sp³-hybridized carbons (Fsp3) is 0.476. The number of fused-ring (bicyclic) bond motifs is 4. The Morgan fingerprint density at radius 3 is 2.93 bits per heavy atom. The number of pyridine rings is 1. The van der Waals surface area contributed by atoms with Crippen LogP contribution in [0.3, 0.4) is 0 Å². The minimum Gasteiger partial charge on any atom is -0.312 e. The first kappa shape index (κ1) is 18.7. The summed E-state index contributed by atoms with van der Waals surface area (Å²) in [6, 6.07) is 6.20. The normalized spacial score (nSPS) is 21.4. The predicted molar refractivity (Wildman–Crippen MR) is 113 cm³/mol. The Bertz CT molecular complexity index is 1010. The zero-order valence-corrected chi connectivity index (χ0v) is 17.4. The molecular formula is C21H26N6OS. The molecule has 0 spiro atoms. The van der Waals surface area contributed by atoms with Crippen molar-refractivity contribution in [2.24, 2.45) is 5.92 Å². The van der Waals surface area contributed by atoms with E-state index < -0.39 is 0 Å². The molecule has 0 aliphatic carbocycles. The molecule has 0 saturated carbocycles. The van der Waals surface area contributed by atoms with E-state index in [2.05, 4.69) is 35.6 Å². The van der Waals surface area contributed by atoms with Gasteiger partial charge in [0, 0.05) is 73.4 Å². The topological polar surface area (TPSA) is 70.1 Å². The molecule has 5 rings (SSSR count). The Hall–Kier alpha value is -2.29. The van der Waals surface area contributed by atoms with Gasteiger partial charge in [-0.25, -0.2) is 4.98 Å². The van der Waals surface area contributed by atoms with Crippen molar-refractivity contribution >= 4 is 11.3 Å².